The van der Waals surface area contributed by atoms with Crippen LogP contribution in [0.1, 0.15) is 30.7 Å². The standard InChI is InChI=1S/C14H18N2O/c1-4-12-13(5-2)16(15-14(12)17)11-8-6-7-10(3)9-11/h6-9H,4-5H2,1-3H3,(H,15,17). The second kappa shape index (κ2) is 4.62. The molecule has 90 valence electrons. The lowest BCUT2D eigenvalue weighted by molar-refractivity contribution is 0.801. The molecule has 0 aliphatic heterocycles. The number of nitrogens with one attached hydrogen (secondary N) is 1. The van der Waals surface area contributed by atoms with Crippen LogP contribution in [0.15, 0.2) is 29.1 Å². The quantitative estimate of drug-likeness (QED) is 0.864. The first kappa shape index (κ1) is 11.7. The van der Waals surface area contributed by atoms with Crippen LogP contribution in [0.5, 0.6) is 0 Å². The van der Waals surface area contributed by atoms with Crippen molar-refractivity contribution in [3.05, 3.63) is 51.4 Å². The van der Waals surface area contributed by atoms with Crippen LogP contribution in [0.4, 0.5) is 0 Å². The van der Waals surface area contributed by atoms with E-state index in [1.807, 2.05) is 23.7 Å². The van der Waals surface area contributed by atoms with E-state index < -0.39 is 0 Å². The zero-order valence-electron chi connectivity index (χ0n) is 10.6. The fraction of sp³-hybridized carbons (Fsp3) is 0.357. The summed E-state index contributed by atoms with van der Waals surface area (Å²) < 4.78 is 1.91. The molecule has 1 aromatic carbocycles. The average Bonchev–Trinajstić information content (AvgIpc) is 2.65. The van der Waals surface area contributed by atoms with Crippen LogP contribution in [-0.4, -0.2) is 9.78 Å². The third-order valence-electron chi connectivity index (χ3n) is 3.05. The zero-order chi connectivity index (χ0) is 12.4. The molecular weight excluding hydrogens is 212 g/mol. The van der Waals surface area contributed by atoms with Crippen LogP contribution >= 0.6 is 0 Å². The Bertz CT molecular complexity index is 578. The van der Waals surface area contributed by atoms with Gasteiger partial charge in [-0.1, -0.05) is 26.0 Å². The van der Waals surface area contributed by atoms with Gasteiger partial charge >= 0.3 is 0 Å². The molecule has 0 atom stereocenters. The molecule has 17 heavy (non-hydrogen) atoms. The summed E-state index contributed by atoms with van der Waals surface area (Å²) in [6.45, 7) is 6.15. The third-order valence-corrected chi connectivity index (χ3v) is 3.05. The fourth-order valence-electron chi connectivity index (χ4n) is 2.23. The molecule has 3 heteroatoms. The molecule has 0 saturated heterocycles. The first-order valence-corrected chi connectivity index (χ1v) is 6.07. The number of aryl methyl sites for hydroxylation is 1. The number of nitrogens with zero attached hydrogens (tertiary/aromatic N) is 1. The predicted octanol–water partition coefficient (Wildman–Crippen LogP) is 2.60. The van der Waals surface area contributed by atoms with E-state index in [0.717, 1.165) is 29.8 Å². The van der Waals surface area contributed by atoms with Gasteiger partial charge in [0.25, 0.3) is 5.56 Å². The SMILES string of the molecule is CCc1c(CC)n(-c2cccc(C)c2)[nH]c1=O. The maximum absolute atomic E-state index is 11.8. The Morgan fingerprint density at radius 1 is 1.24 bits per heavy atom. The topological polar surface area (TPSA) is 37.8 Å². The Kier molecular flexibility index (Phi) is 3.18. The Balaban J connectivity index is 2.63. The molecule has 0 saturated carbocycles. The molecule has 3 nitrogen and oxygen atoms in total. The van der Waals surface area contributed by atoms with Gasteiger partial charge in [0.1, 0.15) is 0 Å². The van der Waals surface area contributed by atoms with Gasteiger partial charge in [-0.25, -0.2) is 0 Å². The van der Waals surface area contributed by atoms with E-state index in [0.29, 0.717) is 0 Å². The Labute approximate surface area is 101 Å². The van der Waals surface area contributed by atoms with Crippen LogP contribution in [0.3, 0.4) is 0 Å². The van der Waals surface area contributed by atoms with Gasteiger partial charge in [-0.3, -0.25) is 14.6 Å². The molecule has 0 aliphatic rings. The van der Waals surface area contributed by atoms with E-state index >= 15 is 0 Å². The third kappa shape index (κ3) is 2.05. The largest absolute Gasteiger partial charge is 0.268 e. The number of hydrogen-bond acceptors (Lipinski definition) is 1. The monoisotopic (exact) mass is 230 g/mol. The van der Waals surface area contributed by atoms with Crippen molar-refractivity contribution < 1.29 is 0 Å². The minimum absolute atomic E-state index is 0.0332. The van der Waals surface area contributed by atoms with Crippen LogP contribution in [0.25, 0.3) is 5.69 Å². The second-order valence-electron chi connectivity index (χ2n) is 4.25. The summed E-state index contributed by atoms with van der Waals surface area (Å²) in [5, 5.41) is 2.92. The molecule has 0 amide bonds. The summed E-state index contributed by atoms with van der Waals surface area (Å²) >= 11 is 0. The molecular formula is C14H18N2O. The molecule has 1 heterocycles. The van der Waals surface area contributed by atoms with E-state index in [2.05, 4.69) is 31.1 Å². The molecule has 0 bridgehead atoms. The summed E-state index contributed by atoms with van der Waals surface area (Å²) in [4.78, 5) is 11.8. The molecule has 0 fully saturated rings. The molecule has 1 N–H and O–H groups in total. The van der Waals surface area contributed by atoms with Crippen LogP contribution in [-0.2, 0) is 12.8 Å². The Morgan fingerprint density at radius 2 is 2.00 bits per heavy atom. The molecule has 1 aromatic heterocycles. The van der Waals surface area contributed by atoms with Crippen molar-refractivity contribution in [3.63, 3.8) is 0 Å². The number of H-pyrrole nitrogens is 1. The Hall–Kier alpha value is -1.77. The second-order valence-corrected chi connectivity index (χ2v) is 4.25. The summed E-state index contributed by atoms with van der Waals surface area (Å²) in [5.41, 5.74) is 4.23. The van der Waals surface area contributed by atoms with Crippen molar-refractivity contribution in [1.29, 1.82) is 0 Å². The molecule has 0 unspecified atom stereocenters. The smallest absolute Gasteiger partial charge is 0.267 e. The van der Waals surface area contributed by atoms with E-state index in [1.165, 1.54) is 5.56 Å². The van der Waals surface area contributed by atoms with E-state index in [-0.39, 0.29) is 5.56 Å². The highest BCUT2D eigenvalue weighted by atomic mass is 16.1. The van der Waals surface area contributed by atoms with Gasteiger partial charge in [-0.2, -0.15) is 0 Å². The molecule has 0 spiro atoms. The van der Waals surface area contributed by atoms with Crippen molar-refractivity contribution in [3.8, 4) is 5.69 Å². The summed E-state index contributed by atoms with van der Waals surface area (Å²) in [5.74, 6) is 0. The number of hydrogen-bond donors (Lipinski definition) is 1. The minimum Gasteiger partial charge on any atom is -0.268 e. The number of rotatable bonds is 3. The van der Waals surface area contributed by atoms with Crippen molar-refractivity contribution >= 4 is 0 Å². The van der Waals surface area contributed by atoms with E-state index in [4.69, 9.17) is 0 Å². The maximum atomic E-state index is 11.8. The van der Waals surface area contributed by atoms with Crippen molar-refractivity contribution in [2.24, 2.45) is 0 Å². The minimum atomic E-state index is 0.0332. The van der Waals surface area contributed by atoms with E-state index in [1.54, 1.807) is 0 Å². The highest BCUT2D eigenvalue weighted by Crippen LogP contribution is 2.14. The number of aromatic amines is 1. The van der Waals surface area contributed by atoms with Crippen LogP contribution in [0.2, 0.25) is 0 Å². The van der Waals surface area contributed by atoms with Crippen molar-refractivity contribution in [1.82, 2.24) is 9.78 Å². The Morgan fingerprint density at radius 3 is 2.59 bits per heavy atom. The predicted molar refractivity (Wildman–Crippen MR) is 69.9 cm³/mol. The number of aromatic nitrogens is 2. The number of benzene rings is 1. The lowest BCUT2D eigenvalue weighted by Gasteiger charge is -2.08. The maximum Gasteiger partial charge on any atom is 0.267 e. The normalized spacial score (nSPS) is 10.8. The van der Waals surface area contributed by atoms with Gasteiger partial charge < -0.3 is 0 Å². The first-order chi connectivity index (χ1) is 8.17. The van der Waals surface area contributed by atoms with Gasteiger partial charge in [0.05, 0.1) is 5.69 Å². The van der Waals surface area contributed by atoms with Crippen molar-refractivity contribution in [2.45, 2.75) is 33.6 Å². The fourth-order valence-corrected chi connectivity index (χ4v) is 2.23. The molecule has 0 aliphatic carbocycles. The van der Waals surface area contributed by atoms with Gasteiger partial charge in [0.15, 0.2) is 0 Å². The van der Waals surface area contributed by atoms with Gasteiger partial charge in [0.2, 0.25) is 0 Å². The lowest BCUT2D eigenvalue weighted by Crippen LogP contribution is -2.06. The summed E-state index contributed by atoms with van der Waals surface area (Å²) in [7, 11) is 0. The lowest BCUT2D eigenvalue weighted by atomic mass is 10.1. The van der Waals surface area contributed by atoms with Gasteiger partial charge in [-0.15, -0.1) is 0 Å². The van der Waals surface area contributed by atoms with Crippen molar-refractivity contribution in [2.75, 3.05) is 0 Å². The summed E-state index contributed by atoms with van der Waals surface area (Å²) in [6.07, 6.45) is 1.63. The molecule has 0 radical (unpaired) electrons. The first-order valence-electron chi connectivity index (χ1n) is 6.07. The zero-order valence-corrected chi connectivity index (χ0v) is 10.6. The summed E-state index contributed by atoms with van der Waals surface area (Å²) in [6, 6.07) is 8.15. The van der Waals surface area contributed by atoms with Gasteiger partial charge in [0, 0.05) is 11.3 Å². The van der Waals surface area contributed by atoms with Crippen LogP contribution < -0.4 is 5.56 Å². The average molecular weight is 230 g/mol. The van der Waals surface area contributed by atoms with Gasteiger partial charge in [-0.05, 0) is 37.5 Å². The highest BCUT2D eigenvalue weighted by molar-refractivity contribution is 5.38. The molecule has 2 rings (SSSR count). The van der Waals surface area contributed by atoms with Crippen LogP contribution in [0, 0.1) is 6.92 Å². The highest BCUT2D eigenvalue weighted by Gasteiger charge is 2.12. The molecule has 2 aromatic rings. The van der Waals surface area contributed by atoms with E-state index in [9.17, 15) is 4.79 Å².